The van der Waals surface area contributed by atoms with Crippen molar-refractivity contribution < 1.29 is 14.4 Å². The number of nitrogens with zero attached hydrogens (tertiary/aromatic N) is 2. The molecule has 0 fully saturated rings. The van der Waals surface area contributed by atoms with Gasteiger partial charge in [0.25, 0.3) is 17.7 Å². The predicted octanol–water partition coefficient (Wildman–Crippen LogP) is 4.79. The summed E-state index contributed by atoms with van der Waals surface area (Å²) in [6, 6.07) is 11.3. The van der Waals surface area contributed by atoms with Crippen LogP contribution in [0.25, 0.3) is 0 Å². The number of carbonyl (C=O) groups excluding carboxylic acids is 3. The minimum Gasteiger partial charge on any atom is -0.350 e. The van der Waals surface area contributed by atoms with Crippen molar-refractivity contribution in [3.63, 3.8) is 0 Å². The summed E-state index contributed by atoms with van der Waals surface area (Å²) < 4.78 is 0. The Balaban J connectivity index is 1.50. The number of thiazole rings is 1. The maximum atomic E-state index is 12.9. The second-order valence-electron chi connectivity index (χ2n) is 6.56. The van der Waals surface area contributed by atoms with E-state index in [0.29, 0.717) is 27.1 Å². The van der Waals surface area contributed by atoms with E-state index >= 15 is 0 Å². The molecule has 0 spiro atoms. The van der Waals surface area contributed by atoms with Crippen molar-refractivity contribution in [3.05, 3.63) is 80.9 Å². The number of aryl methyl sites for hydroxylation is 1. The first kappa shape index (κ1) is 21.0. The van der Waals surface area contributed by atoms with Crippen LogP contribution in [0.4, 0.5) is 16.5 Å². The normalized spacial score (nSPS) is 13.7. The van der Waals surface area contributed by atoms with E-state index in [1.54, 1.807) is 48.0 Å². The van der Waals surface area contributed by atoms with E-state index in [4.69, 9.17) is 23.2 Å². The summed E-state index contributed by atoms with van der Waals surface area (Å²) in [5.74, 6) is -1.55. The topological polar surface area (TPSA) is 91.4 Å². The van der Waals surface area contributed by atoms with Crippen molar-refractivity contribution in [1.29, 1.82) is 0 Å². The molecule has 1 aliphatic rings. The van der Waals surface area contributed by atoms with E-state index in [2.05, 4.69) is 15.6 Å². The highest BCUT2D eigenvalue weighted by Crippen LogP contribution is 2.32. The van der Waals surface area contributed by atoms with E-state index in [-0.39, 0.29) is 16.6 Å². The Morgan fingerprint density at radius 1 is 1.06 bits per heavy atom. The van der Waals surface area contributed by atoms with Gasteiger partial charge in [0.1, 0.15) is 10.7 Å². The number of aromatic nitrogens is 1. The van der Waals surface area contributed by atoms with Crippen molar-refractivity contribution >= 4 is 68.8 Å². The fourth-order valence-corrected chi connectivity index (χ4v) is 3.78. The lowest BCUT2D eigenvalue weighted by Crippen LogP contribution is -2.32. The largest absolute Gasteiger partial charge is 0.350 e. The quantitative estimate of drug-likeness (QED) is 0.520. The minimum absolute atomic E-state index is 0.0525. The molecule has 0 unspecified atom stereocenters. The van der Waals surface area contributed by atoms with Gasteiger partial charge in [-0.1, -0.05) is 29.3 Å². The summed E-state index contributed by atoms with van der Waals surface area (Å²) in [6.45, 7) is 1.82. The number of carbonyl (C=O) groups is 3. The molecule has 4 rings (SSSR count). The third kappa shape index (κ3) is 4.18. The molecule has 7 nitrogen and oxygen atoms in total. The highest BCUT2D eigenvalue weighted by molar-refractivity contribution is 7.13. The molecule has 3 amide bonds. The lowest BCUT2D eigenvalue weighted by Gasteiger charge is -2.16. The molecule has 3 aromatic rings. The molecule has 31 heavy (non-hydrogen) atoms. The Morgan fingerprint density at radius 3 is 2.45 bits per heavy atom. The Hall–Kier alpha value is -3.20. The Kier molecular flexibility index (Phi) is 5.77. The standard InChI is InChI=1S/C21H14Cl2N4O3S/c1-11-2-7-14(10-15(11)22)27-19(29)16(23)17(20(27)30)25-13-5-3-12(4-6-13)18(28)26-21-24-8-9-31-21/h2-10,25H,1H3,(H,24,26,28). The summed E-state index contributed by atoms with van der Waals surface area (Å²) in [7, 11) is 0. The van der Waals surface area contributed by atoms with E-state index in [1.807, 2.05) is 6.92 Å². The zero-order chi connectivity index (χ0) is 22.1. The Bertz CT molecular complexity index is 1220. The van der Waals surface area contributed by atoms with E-state index in [0.717, 1.165) is 10.5 Å². The lowest BCUT2D eigenvalue weighted by molar-refractivity contribution is -0.120. The number of hydrogen-bond acceptors (Lipinski definition) is 6. The summed E-state index contributed by atoms with van der Waals surface area (Å²) >= 11 is 13.6. The number of rotatable bonds is 5. The van der Waals surface area contributed by atoms with Gasteiger partial charge in [0.05, 0.1) is 5.69 Å². The Morgan fingerprint density at radius 2 is 1.81 bits per heavy atom. The molecule has 2 N–H and O–H groups in total. The number of amides is 3. The van der Waals surface area contributed by atoms with Gasteiger partial charge >= 0.3 is 0 Å². The highest BCUT2D eigenvalue weighted by Gasteiger charge is 2.39. The predicted molar refractivity (Wildman–Crippen MR) is 122 cm³/mol. The first-order valence-electron chi connectivity index (χ1n) is 8.98. The summed E-state index contributed by atoms with van der Waals surface area (Å²) in [5, 5.41) is 8.01. The molecule has 0 bridgehead atoms. The van der Waals surface area contributed by atoms with Crippen molar-refractivity contribution in [2.75, 3.05) is 15.5 Å². The molecule has 0 radical (unpaired) electrons. The maximum absolute atomic E-state index is 12.9. The molecular formula is C21H14Cl2N4O3S. The lowest BCUT2D eigenvalue weighted by atomic mass is 10.2. The van der Waals surface area contributed by atoms with Gasteiger partial charge in [-0.3, -0.25) is 19.7 Å². The van der Waals surface area contributed by atoms with Crippen LogP contribution in [-0.2, 0) is 9.59 Å². The molecule has 2 aromatic carbocycles. The second kappa shape index (κ2) is 8.50. The van der Waals surface area contributed by atoms with Crippen LogP contribution in [0.1, 0.15) is 15.9 Å². The van der Waals surface area contributed by atoms with Crippen LogP contribution in [-0.4, -0.2) is 22.7 Å². The third-order valence-electron chi connectivity index (χ3n) is 4.51. The fourth-order valence-electron chi connectivity index (χ4n) is 2.87. The number of benzene rings is 2. The van der Waals surface area contributed by atoms with Crippen molar-refractivity contribution in [2.24, 2.45) is 0 Å². The van der Waals surface area contributed by atoms with Crippen molar-refractivity contribution in [3.8, 4) is 0 Å². The number of hydrogen-bond donors (Lipinski definition) is 2. The highest BCUT2D eigenvalue weighted by atomic mass is 35.5. The molecule has 2 heterocycles. The number of halogens is 2. The third-order valence-corrected chi connectivity index (χ3v) is 5.96. The van der Waals surface area contributed by atoms with Gasteiger partial charge < -0.3 is 5.32 Å². The van der Waals surface area contributed by atoms with E-state index < -0.39 is 11.8 Å². The van der Waals surface area contributed by atoms with Crippen molar-refractivity contribution in [2.45, 2.75) is 6.92 Å². The first-order valence-corrected chi connectivity index (χ1v) is 10.6. The molecule has 10 heteroatoms. The van der Waals surface area contributed by atoms with Gasteiger partial charge in [0.15, 0.2) is 5.13 Å². The van der Waals surface area contributed by atoms with Crippen LogP contribution < -0.4 is 15.5 Å². The SMILES string of the molecule is Cc1ccc(N2C(=O)C(Cl)=C(Nc3ccc(C(=O)Nc4nccs4)cc3)C2=O)cc1Cl. The van der Waals surface area contributed by atoms with Crippen LogP contribution in [0.15, 0.2) is 64.8 Å². The molecule has 156 valence electrons. The molecular weight excluding hydrogens is 459 g/mol. The van der Waals surface area contributed by atoms with E-state index in [9.17, 15) is 14.4 Å². The van der Waals surface area contributed by atoms with Gasteiger partial charge in [0, 0.05) is 27.9 Å². The van der Waals surface area contributed by atoms with Gasteiger partial charge in [-0.05, 0) is 48.9 Å². The van der Waals surface area contributed by atoms with E-state index in [1.165, 1.54) is 17.4 Å². The first-order chi connectivity index (χ1) is 14.8. The van der Waals surface area contributed by atoms with Gasteiger partial charge in [-0.25, -0.2) is 9.88 Å². The molecule has 0 saturated carbocycles. The van der Waals surface area contributed by atoms with Crippen LogP contribution in [0.5, 0.6) is 0 Å². The molecule has 0 aliphatic carbocycles. The van der Waals surface area contributed by atoms with Gasteiger partial charge in [0.2, 0.25) is 0 Å². The van der Waals surface area contributed by atoms with Crippen LogP contribution >= 0.6 is 34.5 Å². The zero-order valence-electron chi connectivity index (χ0n) is 16.0. The van der Waals surface area contributed by atoms with Gasteiger partial charge in [-0.15, -0.1) is 11.3 Å². The number of anilines is 3. The molecule has 0 saturated heterocycles. The summed E-state index contributed by atoms with van der Waals surface area (Å²) in [5.41, 5.74) is 1.99. The maximum Gasteiger partial charge on any atom is 0.283 e. The van der Waals surface area contributed by atoms with Gasteiger partial charge in [-0.2, -0.15) is 0 Å². The fraction of sp³-hybridized carbons (Fsp3) is 0.0476. The minimum atomic E-state index is -0.645. The number of imide groups is 1. The average Bonchev–Trinajstić information content (AvgIpc) is 3.33. The summed E-state index contributed by atoms with van der Waals surface area (Å²) in [4.78, 5) is 42.7. The average molecular weight is 473 g/mol. The molecule has 1 aliphatic heterocycles. The van der Waals surface area contributed by atoms with Crippen molar-refractivity contribution in [1.82, 2.24) is 4.98 Å². The second-order valence-corrected chi connectivity index (χ2v) is 8.24. The smallest absolute Gasteiger partial charge is 0.283 e. The zero-order valence-corrected chi connectivity index (χ0v) is 18.3. The van der Waals surface area contributed by atoms with Crippen LogP contribution in [0.3, 0.4) is 0 Å². The molecule has 0 atom stereocenters. The monoisotopic (exact) mass is 472 g/mol. The molecule has 1 aromatic heterocycles. The van der Waals surface area contributed by atoms with Crippen LogP contribution in [0.2, 0.25) is 5.02 Å². The summed E-state index contributed by atoms with van der Waals surface area (Å²) in [6.07, 6.45) is 1.60. The van der Waals surface area contributed by atoms with Crippen LogP contribution in [0, 0.1) is 6.92 Å². The number of nitrogens with one attached hydrogen (secondary N) is 2. The Labute approximate surface area is 191 Å².